The maximum atomic E-state index is 13.4. The number of ether oxygens (including phenoxy) is 1. The first-order valence-corrected chi connectivity index (χ1v) is 10.8. The Kier molecular flexibility index (Phi) is 7.71. The van der Waals surface area contributed by atoms with E-state index in [4.69, 9.17) is 4.74 Å². The molecular formula is C24H32N4O4. The van der Waals surface area contributed by atoms with Crippen LogP contribution in [0.15, 0.2) is 48.5 Å². The van der Waals surface area contributed by atoms with E-state index in [9.17, 15) is 14.7 Å². The highest BCUT2D eigenvalue weighted by Gasteiger charge is 2.33. The van der Waals surface area contributed by atoms with Crippen molar-refractivity contribution in [3.63, 3.8) is 0 Å². The molecule has 0 saturated heterocycles. The number of aliphatic hydroxyl groups excluding tert-OH is 1. The molecule has 0 fully saturated rings. The number of para-hydroxylation sites is 1. The van der Waals surface area contributed by atoms with Gasteiger partial charge in [-0.1, -0.05) is 25.1 Å². The summed E-state index contributed by atoms with van der Waals surface area (Å²) in [6, 6.07) is 13.4. The molecule has 8 heteroatoms. The van der Waals surface area contributed by atoms with Gasteiger partial charge in [-0.3, -0.25) is 4.79 Å². The summed E-state index contributed by atoms with van der Waals surface area (Å²) in [6.45, 7) is 4.89. The number of likely N-dealkylation sites (N-methyl/N-ethyl adjacent to an activating group) is 1. The number of aliphatic hydroxyl groups is 1. The molecule has 0 bridgehead atoms. The van der Waals surface area contributed by atoms with Gasteiger partial charge in [-0.25, -0.2) is 4.79 Å². The lowest BCUT2D eigenvalue weighted by Gasteiger charge is -2.37. The fourth-order valence-electron chi connectivity index (χ4n) is 3.69. The van der Waals surface area contributed by atoms with Crippen molar-refractivity contribution in [1.29, 1.82) is 0 Å². The average Bonchev–Trinajstić information content (AvgIpc) is 2.76. The number of carbonyl (C=O) groups is 2. The fraction of sp³-hybridized carbons (Fsp3) is 0.417. The number of urea groups is 1. The van der Waals surface area contributed by atoms with Gasteiger partial charge in [0, 0.05) is 30.4 Å². The lowest BCUT2D eigenvalue weighted by atomic mass is 9.99. The molecule has 1 heterocycles. The topological polar surface area (TPSA) is 94.1 Å². The Morgan fingerprint density at radius 1 is 1.19 bits per heavy atom. The standard InChI is InChI=1S/C24H32N4O4/c1-16-13-28(17(2)15-29)23(30)20-12-19(10-11-21(20)32-22(16)14-27(3)4)26-24(31)25-18-8-6-5-7-9-18/h5-12,16-17,22,29H,13-15H2,1-4H3,(H2,25,26,31)/t16-,17+,22-/m0/s1. The van der Waals surface area contributed by atoms with Crippen molar-refractivity contribution in [3.05, 3.63) is 54.1 Å². The minimum Gasteiger partial charge on any atom is -0.488 e. The first-order chi connectivity index (χ1) is 15.3. The van der Waals surface area contributed by atoms with E-state index < -0.39 is 6.03 Å². The molecule has 2 aromatic rings. The predicted molar refractivity (Wildman–Crippen MR) is 125 cm³/mol. The zero-order valence-electron chi connectivity index (χ0n) is 19.0. The molecule has 32 heavy (non-hydrogen) atoms. The molecule has 1 aliphatic rings. The molecule has 2 aromatic carbocycles. The maximum Gasteiger partial charge on any atom is 0.323 e. The summed E-state index contributed by atoms with van der Waals surface area (Å²) in [5.74, 6) is 0.305. The van der Waals surface area contributed by atoms with Crippen molar-refractivity contribution >= 4 is 23.3 Å². The largest absolute Gasteiger partial charge is 0.488 e. The van der Waals surface area contributed by atoms with E-state index in [1.54, 1.807) is 35.2 Å². The molecule has 0 aliphatic carbocycles. The molecule has 0 aromatic heterocycles. The van der Waals surface area contributed by atoms with Crippen LogP contribution >= 0.6 is 0 Å². The third-order valence-electron chi connectivity index (χ3n) is 5.50. The van der Waals surface area contributed by atoms with E-state index in [-0.39, 0.29) is 30.6 Å². The van der Waals surface area contributed by atoms with Gasteiger partial charge in [0.1, 0.15) is 11.9 Å². The second-order valence-corrected chi connectivity index (χ2v) is 8.54. The van der Waals surface area contributed by atoms with Crippen LogP contribution in [-0.2, 0) is 0 Å². The molecule has 172 valence electrons. The fourth-order valence-corrected chi connectivity index (χ4v) is 3.69. The maximum absolute atomic E-state index is 13.4. The third kappa shape index (κ3) is 5.77. The van der Waals surface area contributed by atoms with Crippen molar-refractivity contribution in [2.75, 3.05) is 44.4 Å². The number of hydrogen-bond donors (Lipinski definition) is 3. The number of nitrogens with one attached hydrogen (secondary N) is 2. The van der Waals surface area contributed by atoms with Gasteiger partial charge in [0.05, 0.1) is 18.2 Å². The number of carbonyl (C=O) groups excluding carboxylic acids is 2. The molecule has 0 radical (unpaired) electrons. The Balaban J connectivity index is 1.89. The summed E-state index contributed by atoms with van der Waals surface area (Å²) in [5.41, 5.74) is 1.50. The van der Waals surface area contributed by atoms with Crippen LogP contribution in [0.5, 0.6) is 5.75 Å². The third-order valence-corrected chi connectivity index (χ3v) is 5.50. The molecule has 3 amide bonds. The number of nitrogens with zero attached hydrogens (tertiary/aromatic N) is 2. The molecule has 3 N–H and O–H groups in total. The molecule has 1 aliphatic heterocycles. The number of fused-ring (bicyclic) bond motifs is 1. The van der Waals surface area contributed by atoms with Crippen molar-refractivity contribution in [1.82, 2.24) is 9.80 Å². The average molecular weight is 441 g/mol. The lowest BCUT2D eigenvalue weighted by molar-refractivity contribution is 0.0363. The normalized spacial score (nSPS) is 19.4. The van der Waals surface area contributed by atoms with Gasteiger partial charge in [0.2, 0.25) is 0 Å². The van der Waals surface area contributed by atoms with E-state index in [0.29, 0.717) is 35.8 Å². The Morgan fingerprint density at radius 2 is 1.88 bits per heavy atom. The van der Waals surface area contributed by atoms with Crippen molar-refractivity contribution in [2.24, 2.45) is 5.92 Å². The summed E-state index contributed by atoms with van der Waals surface area (Å²) in [6.07, 6.45) is -0.134. The number of benzene rings is 2. The summed E-state index contributed by atoms with van der Waals surface area (Å²) in [7, 11) is 3.96. The molecule has 0 spiro atoms. The smallest absolute Gasteiger partial charge is 0.323 e. The van der Waals surface area contributed by atoms with E-state index in [1.807, 2.05) is 51.0 Å². The van der Waals surface area contributed by atoms with Gasteiger partial charge in [0.25, 0.3) is 5.91 Å². The first kappa shape index (κ1) is 23.6. The van der Waals surface area contributed by atoms with Crippen molar-refractivity contribution < 1.29 is 19.4 Å². The van der Waals surface area contributed by atoms with E-state index in [0.717, 1.165) is 0 Å². The second kappa shape index (κ2) is 10.5. The van der Waals surface area contributed by atoms with Gasteiger partial charge in [-0.2, -0.15) is 0 Å². The summed E-state index contributed by atoms with van der Waals surface area (Å²) < 4.78 is 6.27. The van der Waals surface area contributed by atoms with Gasteiger partial charge in [-0.15, -0.1) is 0 Å². The predicted octanol–water partition coefficient (Wildman–Crippen LogP) is 3.11. The number of hydrogen-bond acceptors (Lipinski definition) is 5. The molecular weight excluding hydrogens is 408 g/mol. The quantitative estimate of drug-likeness (QED) is 0.642. The van der Waals surface area contributed by atoms with Crippen molar-refractivity contribution in [3.8, 4) is 5.75 Å². The van der Waals surface area contributed by atoms with E-state index >= 15 is 0 Å². The van der Waals surface area contributed by atoms with Gasteiger partial charge >= 0.3 is 6.03 Å². The monoisotopic (exact) mass is 440 g/mol. The Bertz CT molecular complexity index is 935. The first-order valence-electron chi connectivity index (χ1n) is 10.8. The van der Waals surface area contributed by atoms with Crippen LogP contribution in [-0.4, -0.2) is 72.8 Å². The van der Waals surface area contributed by atoms with Crippen LogP contribution in [0.1, 0.15) is 24.2 Å². The van der Waals surface area contributed by atoms with Crippen LogP contribution in [0.4, 0.5) is 16.2 Å². The zero-order valence-corrected chi connectivity index (χ0v) is 19.0. The molecule has 8 nitrogen and oxygen atoms in total. The summed E-state index contributed by atoms with van der Waals surface area (Å²) in [4.78, 5) is 29.5. The minimum absolute atomic E-state index is 0.0675. The van der Waals surface area contributed by atoms with E-state index in [1.165, 1.54) is 0 Å². The number of rotatable bonds is 6. The van der Waals surface area contributed by atoms with Crippen LogP contribution < -0.4 is 15.4 Å². The van der Waals surface area contributed by atoms with Crippen LogP contribution in [0.2, 0.25) is 0 Å². The highest BCUT2D eigenvalue weighted by molar-refractivity contribution is 6.02. The van der Waals surface area contributed by atoms with Crippen LogP contribution in [0.3, 0.4) is 0 Å². The van der Waals surface area contributed by atoms with E-state index in [2.05, 4.69) is 10.6 Å². The van der Waals surface area contributed by atoms with Crippen LogP contribution in [0, 0.1) is 5.92 Å². The van der Waals surface area contributed by atoms with Gasteiger partial charge in [0.15, 0.2) is 0 Å². The van der Waals surface area contributed by atoms with Gasteiger partial charge in [-0.05, 0) is 51.4 Å². The molecule has 3 atom stereocenters. The summed E-state index contributed by atoms with van der Waals surface area (Å²) >= 11 is 0. The number of anilines is 2. The lowest BCUT2D eigenvalue weighted by Crippen LogP contribution is -2.49. The second-order valence-electron chi connectivity index (χ2n) is 8.54. The minimum atomic E-state index is -0.407. The summed E-state index contributed by atoms with van der Waals surface area (Å²) in [5, 5.41) is 15.3. The number of amides is 3. The molecule has 0 saturated carbocycles. The van der Waals surface area contributed by atoms with Crippen LogP contribution in [0.25, 0.3) is 0 Å². The molecule has 0 unspecified atom stereocenters. The Morgan fingerprint density at radius 3 is 2.53 bits per heavy atom. The highest BCUT2D eigenvalue weighted by Crippen LogP contribution is 2.30. The Labute approximate surface area is 189 Å². The zero-order chi connectivity index (χ0) is 23.3. The van der Waals surface area contributed by atoms with Gasteiger partial charge < -0.3 is 30.3 Å². The highest BCUT2D eigenvalue weighted by atomic mass is 16.5. The SMILES string of the molecule is C[C@H](CO)N1C[C@H](C)[C@H](CN(C)C)Oc2ccc(NC(=O)Nc3ccccc3)cc2C1=O. The van der Waals surface area contributed by atoms with Crippen molar-refractivity contribution in [2.45, 2.75) is 26.0 Å². The Hall–Kier alpha value is -3.10. The molecule has 3 rings (SSSR count).